The fraction of sp³-hybridized carbons (Fsp3) is 0.438. The molecule has 1 amide bonds. The molecule has 1 atom stereocenters. The maximum atomic E-state index is 12.4. The van der Waals surface area contributed by atoms with E-state index in [1.165, 1.54) is 0 Å². The number of hydrogen-bond donors (Lipinski definition) is 1. The van der Waals surface area contributed by atoms with Gasteiger partial charge in [0.1, 0.15) is 6.04 Å². The molecule has 1 aliphatic rings. The van der Waals surface area contributed by atoms with Gasteiger partial charge in [0.2, 0.25) is 5.89 Å². The quantitative estimate of drug-likeness (QED) is 0.763. The highest BCUT2D eigenvalue weighted by Gasteiger charge is 2.31. The van der Waals surface area contributed by atoms with Gasteiger partial charge in [0, 0.05) is 15.1 Å². The number of carbonyl (C=O) groups excluding carboxylic acids is 1. The van der Waals surface area contributed by atoms with Crippen molar-refractivity contribution in [1.82, 2.24) is 15.5 Å². The molecule has 0 aliphatic heterocycles. The second-order valence-electron chi connectivity index (χ2n) is 5.97. The predicted octanol–water partition coefficient (Wildman–Crippen LogP) is 3.68. The highest BCUT2D eigenvalue weighted by Crippen LogP contribution is 2.38. The molecule has 22 heavy (non-hydrogen) atoms. The van der Waals surface area contributed by atoms with Crippen LogP contribution in [0, 0.1) is 9.49 Å². The summed E-state index contributed by atoms with van der Waals surface area (Å²) in [5.74, 6) is 1.75. The van der Waals surface area contributed by atoms with E-state index in [1.807, 2.05) is 38.1 Å². The fourth-order valence-corrected chi connectivity index (χ4v) is 2.58. The molecule has 1 aromatic heterocycles. The largest absolute Gasteiger partial charge is 0.340 e. The molecule has 0 spiro atoms. The first-order chi connectivity index (χ1) is 10.5. The molecule has 6 heteroatoms. The van der Waals surface area contributed by atoms with Crippen LogP contribution in [-0.4, -0.2) is 16.0 Å². The van der Waals surface area contributed by atoms with Gasteiger partial charge in [-0.15, -0.1) is 0 Å². The Balaban J connectivity index is 1.75. The zero-order valence-electron chi connectivity index (χ0n) is 12.5. The number of benzene rings is 1. The average molecular weight is 411 g/mol. The third kappa shape index (κ3) is 3.48. The topological polar surface area (TPSA) is 68.0 Å². The zero-order chi connectivity index (χ0) is 15.7. The van der Waals surface area contributed by atoms with Gasteiger partial charge in [-0.1, -0.05) is 19.0 Å². The van der Waals surface area contributed by atoms with E-state index in [0.717, 1.165) is 22.2 Å². The third-order valence-corrected chi connectivity index (χ3v) is 4.44. The van der Waals surface area contributed by atoms with Crippen molar-refractivity contribution < 1.29 is 9.32 Å². The van der Waals surface area contributed by atoms with Crippen LogP contribution in [0.4, 0.5) is 0 Å². The summed E-state index contributed by atoms with van der Waals surface area (Å²) in [6.45, 7) is 4.06. The molecule has 1 N–H and O–H groups in total. The molecule has 116 valence electrons. The molecule has 1 aliphatic carbocycles. The van der Waals surface area contributed by atoms with Crippen LogP contribution in [-0.2, 0) is 0 Å². The molecule has 1 aromatic carbocycles. The smallest absolute Gasteiger partial charge is 0.251 e. The van der Waals surface area contributed by atoms with Gasteiger partial charge in [-0.25, -0.2) is 0 Å². The molecule has 1 unspecified atom stereocenters. The Morgan fingerprint density at radius 1 is 1.32 bits per heavy atom. The number of carbonyl (C=O) groups is 1. The summed E-state index contributed by atoms with van der Waals surface area (Å²) in [4.78, 5) is 16.9. The van der Waals surface area contributed by atoms with Crippen LogP contribution < -0.4 is 5.32 Å². The van der Waals surface area contributed by atoms with Crippen molar-refractivity contribution in [2.24, 2.45) is 5.92 Å². The Hall–Kier alpha value is -1.44. The Morgan fingerprint density at radius 2 is 2.00 bits per heavy atom. The van der Waals surface area contributed by atoms with Crippen LogP contribution in [0.3, 0.4) is 0 Å². The van der Waals surface area contributed by atoms with E-state index in [9.17, 15) is 4.79 Å². The third-order valence-electron chi connectivity index (χ3n) is 3.73. The SMILES string of the molecule is CC(C)C(NC(=O)c1ccc(I)cc1)c1nc(C2CC2)no1. The Labute approximate surface area is 143 Å². The Bertz CT molecular complexity index is 662. The lowest BCUT2D eigenvalue weighted by molar-refractivity contribution is 0.0914. The molecule has 1 saturated carbocycles. The minimum Gasteiger partial charge on any atom is -0.340 e. The number of amides is 1. The van der Waals surface area contributed by atoms with E-state index in [1.54, 1.807) is 0 Å². The number of nitrogens with zero attached hydrogens (tertiary/aromatic N) is 2. The van der Waals surface area contributed by atoms with Crippen LogP contribution in [0.15, 0.2) is 28.8 Å². The van der Waals surface area contributed by atoms with Gasteiger partial charge in [0.15, 0.2) is 5.82 Å². The van der Waals surface area contributed by atoms with Crippen LogP contribution in [0.5, 0.6) is 0 Å². The molecule has 1 fully saturated rings. The van der Waals surface area contributed by atoms with Gasteiger partial charge in [0.05, 0.1) is 0 Å². The van der Waals surface area contributed by atoms with Gasteiger partial charge < -0.3 is 9.84 Å². The summed E-state index contributed by atoms with van der Waals surface area (Å²) in [6.07, 6.45) is 2.25. The first-order valence-corrected chi connectivity index (χ1v) is 8.52. The lowest BCUT2D eigenvalue weighted by Gasteiger charge is -2.18. The lowest BCUT2D eigenvalue weighted by atomic mass is 10.0. The summed E-state index contributed by atoms with van der Waals surface area (Å²) in [7, 11) is 0. The van der Waals surface area contributed by atoms with Gasteiger partial charge in [-0.05, 0) is 65.6 Å². The highest BCUT2D eigenvalue weighted by atomic mass is 127. The fourth-order valence-electron chi connectivity index (χ4n) is 2.22. The van der Waals surface area contributed by atoms with Gasteiger partial charge in [0.25, 0.3) is 5.91 Å². The minimum atomic E-state index is -0.272. The predicted molar refractivity (Wildman–Crippen MR) is 90.5 cm³/mol. The zero-order valence-corrected chi connectivity index (χ0v) is 14.7. The van der Waals surface area contributed by atoms with Crippen LogP contribution >= 0.6 is 22.6 Å². The first kappa shape index (κ1) is 15.5. The number of nitrogens with one attached hydrogen (secondary N) is 1. The van der Waals surface area contributed by atoms with Crippen molar-refractivity contribution in [3.05, 3.63) is 45.1 Å². The van der Waals surface area contributed by atoms with Crippen molar-refractivity contribution >= 4 is 28.5 Å². The second kappa shape index (κ2) is 6.36. The summed E-state index contributed by atoms with van der Waals surface area (Å²) < 4.78 is 6.47. The average Bonchev–Trinajstić information content (AvgIpc) is 3.23. The number of aromatic nitrogens is 2. The number of halogens is 1. The van der Waals surface area contributed by atoms with Crippen molar-refractivity contribution in [3.63, 3.8) is 0 Å². The second-order valence-corrected chi connectivity index (χ2v) is 7.21. The molecule has 0 bridgehead atoms. The van der Waals surface area contributed by atoms with Gasteiger partial charge >= 0.3 is 0 Å². The monoisotopic (exact) mass is 411 g/mol. The Morgan fingerprint density at radius 3 is 2.59 bits per heavy atom. The summed E-state index contributed by atoms with van der Waals surface area (Å²) in [6, 6.07) is 7.19. The number of hydrogen-bond acceptors (Lipinski definition) is 4. The lowest BCUT2D eigenvalue weighted by Crippen LogP contribution is -2.32. The van der Waals surface area contributed by atoms with E-state index < -0.39 is 0 Å². The normalized spacial score (nSPS) is 15.8. The van der Waals surface area contributed by atoms with Crippen LogP contribution in [0.1, 0.15) is 60.7 Å². The summed E-state index contributed by atoms with van der Waals surface area (Å²) >= 11 is 2.22. The molecular weight excluding hydrogens is 393 g/mol. The molecular formula is C16H18IN3O2. The van der Waals surface area contributed by atoms with Crippen molar-refractivity contribution in [2.75, 3.05) is 0 Å². The van der Waals surface area contributed by atoms with Crippen LogP contribution in [0.2, 0.25) is 0 Å². The van der Waals surface area contributed by atoms with E-state index in [-0.39, 0.29) is 17.9 Å². The molecule has 2 aromatic rings. The molecule has 3 rings (SSSR count). The summed E-state index contributed by atoms with van der Waals surface area (Å²) in [5.41, 5.74) is 0.632. The maximum Gasteiger partial charge on any atom is 0.251 e. The molecule has 5 nitrogen and oxygen atoms in total. The number of rotatable bonds is 5. The molecule has 0 radical (unpaired) electrons. The van der Waals surface area contributed by atoms with Crippen molar-refractivity contribution in [3.8, 4) is 0 Å². The molecule has 0 saturated heterocycles. The van der Waals surface area contributed by atoms with Gasteiger partial charge in [-0.3, -0.25) is 4.79 Å². The van der Waals surface area contributed by atoms with Crippen LogP contribution in [0.25, 0.3) is 0 Å². The standard InChI is InChI=1S/C16H18IN3O2/c1-9(2)13(16-19-14(20-22-16)10-3-4-10)18-15(21)11-5-7-12(17)8-6-11/h5-10,13H,3-4H2,1-2H3,(H,18,21). The summed E-state index contributed by atoms with van der Waals surface area (Å²) in [5, 5.41) is 7.04. The molecule has 1 heterocycles. The minimum absolute atomic E-state index is 0.124. The van der Waals surface area contributed by atoms with E-state index in [4.69, 9.17) is 4.52 Å². The Kier molecular flexibility index (Phi) is 4.46. The first-order valence-electron chi connectivity index (χ1n) is 7.44. The van der Waals surface area contributed by atoms with Gasteiger partial charge in [-0.2, -0.15) is 4.98 Å². The van der Waals surface area contributed by atoms with Crippen molar-refractivity contribution in [1.29, 1.82) is 0 Å². The van der Waals surface area contributed by atoms with E-state index in [2.05, 4.69) is 38.0 Å². The highest BCUT2D eigenvalue weighted by molar-refractivity contribution is 14.1. The van der Waals surface area contributed by atoms with E-state index in [0.29, 0.717) is 17.4 Å². The van der Waals surface area contributed by atoms with Crippen molar-refractivity contribution in [2.45, 2.75) is 38.6 Å². The maximum absolute atomic E-state index is 12.4. The van der Waals surface area contributed by atoms with E-state index >= 15 is 0 Å².